The summed E-state index contributed by atoms with van der Waals surface area (Å²) in [6.07, 6.45) is 0.757. The van der Waals surface area contributed by atoms with E-state index in [4.69, 9.17) is 0 Å². The Kier molecular flexibility index (Phi) is 4.76. The molecule has 1 N–H and O–H groups in total. The normalized spacial score (nSPS) is 16.3. The van der Waals surface area contributed by atoms with Gasteiger partial charge in [-0.25, -0.2) is 4.39 Å². The number of aromatic amines is 1. The fourth-order valence-electron chi connectivity index (χ4n) is 3.94. The molecule has 1 aliphatic heterocycles. The molecule has 0 spiro atoms. The van der Waals surface area contributed by atoms with Gasteiger partial charge in [-0.3, -0.25) is 19.5 Å². The molecule has 2 aromatic heterocycles. The van der Waals surface area contributed by atoms with Crippen LogP contribution in [-0.2, 0) is 13.5 Å². The highest BCUT2D eigenvalue weighted by Gasteiger charge is 2.44. The van der Waals surface area contributed by atoms with Crippen LogP contribution in [0.2, 0.25) is 0 Å². The molecular formula is C22H26FN5O. The number of aromatic nitrogens is 4. The number of carbonyl (C=O) groups is 1. The lowest BCUT2D eigenvalue weighted by atomic mass is 9.95. The van der Waals surface area contributed by atoms with Crippen LogP contribution in [0.4, 0.5) is 10.2 Å². The van der Waals surface area contributed by atoms with E-state index in [9.17, 15) is 9.18 Å². The molecule has 1 aromatic carbocycles. The van der Waals surface area contributed by atoms with E-state index in [2.05, 4.69) is 43.0 Å². The van der Waals surface area contributed by atoms with E-state index < -0.39 is 0 Å². The maximum absolute atomic E-state index is 13.6. The summed E-state index contributed by atoms with van der Waals surface area (Å²) >= 11 is 0. The maximum Gasteiger partial charge on any atom is 0.278 e. The average molecular weight is 395 g/mol. The summed E-state index contributed by atoms with van der Waals surface area (Å²) in [6.45, 7) is 8.39. The van der Waals surface area contributed by atoms with Gasteiger partial charge in [0.15, 0.2) is 0 Å². The number of H-pyrrole nitrogens is 1. The van der Waals surface area contributed by atoms with Gasteiger partial charge in [-0.15, -0.1) is 0 Å². The highest BCUT2D eigenvalue weighted by Crippen LogP contribution is 2.43. The number of amides is 1. The van der Waals surface area contributed by atoms with Crippen molar-refractivity contribution in [3.8, 4) is 0 Å². The Morgan fingerprint density at radius 1 is 1.17 bits per heavy atom. The van der Waals surface area contributed by atoms with Gasteiger partial charge in [0.05, 0.1) is 17.4 Å². The minimum absolute atomic E-state index is 0.143. The van der Waals surface area contributed by atoms with Gasteiger partial charge in [-0.2, -0.15) is 10.2 Å². The molecule has 0 aliphatic carbocycles. The molecule has 7 heteroatoms. The Morgan fingerprint density at radius 2 is 1.86 bits per heavy atom. The predicted molar refractivity (Wildman–Crippen MR) is 109 cm³/mol. The molecule has 29 heavy (non-hydrogen) atoms. The van der Waals surface area contributed by atoms with Gasteiger partial charge < -0.3 is 0 Å². The summed E-state index contributed by atoms with van der Waals surface area (Å²) in [5.41, 5.74) is 4.03. The highest BCUT2D eigenvalue weighted by atomic mass is 19.1. The molecule has 0 saturated heterocycles. The number of fused-ring (bicyclic) bond motifs is 1. The number of aryl methyl sites for hydroxylation is 1. The lowest BCUT2D eigenvalue weighted by Gasteiger charge is -2.26. The van der Waals surface area contributed by atoms with Gasteiger partial charge in [0.25, 0.3) is 5.91 Å². The molecule has 3 heterocycles. The second kappa shape index (κ2) is 7.13. The van der Waals surface area contributed by atoms with Crippen LogP contribution in [0, 0.1) is 11.7 Å². The van der Waals surface area contributed by atoms with E-state index in [-0.39, 0.29) is 23.7 Å². The fourth-order valence-corrected chi connectivity index (χ4v) is 3.94. The first-order valence-corrected chi connectivity index (χ1v) is 9.98. The Labute approximate surface area is 169 Å². The molecule has 0 fully saturated rings. The molecule has 0 bridgehead atoms. The van der Waals surface area contributed by atoms with E-state index in [1.807, 2.05) is 13.1 Å². The Bertz CT molecular complexity index is 1050. The summed E-state index contributed by atoms with van der Waals surface area (Å²) in [6, 6.07) is 7.92. The molecule has 1 amide bonds. The Morgan fingerprint density at radius 3 is 2.45 bits per heavy atom. The number of carbonyl (C=O) groups excluding carboxylic acids is 1. The SMILES string of the molecule is CC(C)Cc1n[nH]c2c1C(c1ccc(F)cc1)N(c1cc(C(C)C)nn1C)C2=O. The molecule has 4 rings (SSSR count). The number of hydrogen-bond acceptors (Lipinski definition) is 3. The van der Waals surface area contributed by atoms with Gasteiger partial charge in [-0.1, -0.05) is 39.8 Å². The average Bonchev–Trinajstić information content (AvgIpc) is 3.30. The standard InChI is InChI=1S/C22H26FN5O/c1-12(2)10-17-19-20(25-24-17)22(29)28(18-11-16(13(3)4)26-27(18)5)21(19)14-6-8-15(23)9-7-14/h6-9,11-13,21H,10H2,1-5H3,(H,24,25). The van der Waals surface area contributed by atoms with Crippen molar-refractivity contribution in [3.63, 3.8) is 0 Å². The zero-order valence-electron chi connectivity index (χ0n) is 17.4. The molecular weight excluding hydrogens is 369 g/mol. The molecule has 152 valence electrons. The maximum atomic E-state index is 13.6. The van der Waals surface area contributed by atoms with Crippen molar-refractivity contribution < 1.29 is 9.18 Å². The van der Waals surface area contributed by atoms with E-state index in [0.717, 1.165) is 28.9 Å². The topological polar surface area (TPSA) is 66.8 Å². The van der Waals surface area contributed by atoms with Crippen molar-refractivity contribution in [2.45, 2.75) is 46.1 Å². The highest BCUT2D eigenvalue weighted by molar-refractivity contribution is 6.10. The zero-order chi connectivity index (χ0) is 20.9. The smallest absolute Gasteiger partial charge is 0.278 e. The van der Waals surface area contributed by atoms with Crippen LogP contribution in [0.25, 0.3) is 0 Å². The van der Waals surface area contributed by atoms with Gasteiger partial charge in [0.1, 0.15) is 17.3 Å². The molecule has 0 radical (unpaired) electrons. The lowest BCUT2D eigenvalue weighted by molar-refractivity contribution is 0.0987. The molecule has 0 saturated carbocycles. The largest absolute Gasteiger partial charge is 0.280 e. The quantitative estimate of drug-likeness (QED) is 0.698. The lowest BCUT2D eigenvalue weighted by Crippen LogP contribution is -2.31. The van der Waals surface area contributed by atoms with Crippen LogP contribution in [0.3, 0.4) is 0 Å². The first-order chi connectivity index (χ1) is 13.8. The van der Waals surface area contributed by atoms with E-state index >= 15 is 0 Å². The number of anilines is 1. The molecule has 1 aliphatic rings. The number of nitrogens with one attached hydrogen (secondary N) is 1. The summed E-state index contributed by atoms with van der Waals surface area (Å²) < 4.78 is 15.3. The predicted octanol–water partition coefficient (Wildman–Crippen LogP) is 4.35. The summed E-state index contributed by atoms with van der Waals surface area (Å²) in [5.74, 6) is 0.905. The first kappa shape index (κ1) is 19.4. The van der Waals surface area contributed by atoms with Crippen LogP contribution in [0.5, 0.6) is 0 Å². The van der Waals surface area contributed by atoms with Gasteiger partial charge in [-0.05, 0) is 36.0 Å². The van der Waals surface area contributed by atoms with Crippen LogP contribution in [-0.4, -0.2) is 25.9 Å². The fraction of sp³-hybridized carbons (Fsp3) is 0.409. The number of benzene rings is 1. The number of nitrogens with zero attached hydrogens (tertiary/aromatic N) is 4. The van der Waals surface area contributed by atoms with Crippen molar-refractivity contribution in [1.29, 1.82) is 0 Å². The molecule has 6 nitrogen and oxygen atoms in total. The van der Waals surface area contributed by atoms with Gasteiger partial charge in [0, 0.05) is 18.7 Å². The third kappa shape index (κ3) is 3.24. The number of hydrogen-bond donors (Lipinski definition) is 1. The van der Waals surface area contributed by atoms with E-state index in [0.29, 0.717) is 17.4 Å². The first-order valence-electron chi connectivity index (χ1n) is 9.98. The van der Waals surface area contributed by atoms with E-state index in [1.165, 1.54) is 12.1 Å². The van der Waals surface area contributed by atoms with Crippen molar-refractivity contribution in [3.05, 3.63) is 64.4 Å². The van der Waals surface area contributed by atoms with Crippen molar-refractivity contribution in [2.24, 2.45) is 13.0 Å². The second-order valence-corrected chi connectivity index (χ2v) is 8.39. The van der Waals surface area contributed by atoms with Gasteiger partial charge in [0.2, 0.25) is 0 Å². The molecule has 1 unspecified atom stereocenters. The number of halogens is 1. The van der Waals surface area contributed by atoms with Crippen LogP contribution >= 0.6 is 0 Å². The third-order valence-electron chi connectivity index (χ3n) is 5.35. The van der Waals surface area contributed by atoms with Crippen LogP contribution in [0.1, 0.15) is 72.7 Å². The van der Waals surface area contributed by atoms with E-state index in [1.54, 1.807) is 21.7 Å². The van der Waals surface area contributed by atoms with Crippen molar-refractivity contribution in [2.75, 3.05) is 4.90 Å². The summed E-state index contributed by atoms with van der Waals surface area (Å²) in [5, 5.41) is 12.0. The van der Waals surface area contributed by atoms with Crippen molar-refractivity contribution in [1.82, 2.24) is 20.0 Å². The monoisotopic (exact) mass is 395 g/mol. The Balaban J connectivity index is 1.89. The second-order valence-electron chi connectivity index (χ2n) is 8.39. The van der Waals surface area contributed by atoms with Crippen molar-refractivity contribution >= 4 is 11.7 Å². The summed E-state index contributed by atoms with van der Waals surface area (Å²) in [4.78, 5) is 15.2. The molecule has 1 atom stereocenters. The van der Waals surface area contributed by atoms with Gasteiger partial charge >= 0.3 is 0 Å². The summed E-state index contributed by atoms with van der Waals surface area (Å²) in [7, 11) is 1.84. The zero-order valence-corrected chi connectivity index (χ0v) is 17.4. The third-order valence-corrected chi connectivity index (χ3v) is 5.35. The Hall–Kier alpha value is -2.96. The minimum Gasteiger partial charge on any atom is -0.280 e. The van der Waals surface area contributed by atoms with Crippen LogP contribution in [0.15, 0.2) is 30.3 Å². The molecule has 3 aromatic rings. The number of rotatable bonds is 5. The van der Waals surface area contributed by atoms with Crippen LogP contribution < -0.4 is 4.90 Å². The minimum atomic E-state index is -0.374.